The molecule has 0 fully saturated rings. The Labute approximate surface area is 212 Å². The first kappa shape index (κ1) is 20.3. The number of nitrogens with zero attached hydrogens (tertiary/aromatic N) is 3. The average Bonchev–Trinajstić information content (AvgIpc) is 3.51. The van der Waals surface area contributed by atoms with Crippen LogP contribution in [0.25, 0.3) is 71.7 Å². The van der Waals surface area contributed by atoms with Crippen LogP contribution < -0.4 is 0 Å². The summed E-state index contributed by atoms with van der Waals surface area (Å²) < 4.78 is 8.93. The normalized spacial score (nSPS) is 11.9. The van der Waals surface area contributed by atoms with Gasteiger partial charge in [0.25, 0.3) is 0 Å². The van der Waals surface area contributed by atoms with Gasteiger partial charge in [-0.1, -0.05) is 72.8 Å². The largest absolute Gasteiger partial charge is 0.455 e. The van der Waals surface area contributed by atoms with E-state index in [1.54, 1.807) is 0 Å². The highest BCUT2D eigenvalue weighted by Crippen LogP contribution is 2.41. The number of aryl methyl sites for hydroxylation is 1. The number of imidazole rings is 1. The number of hydrogen-bond donors (Lipinski definition) is 0. The molecule has 37 heavy (non-hydrogen) atoms. The fourth-order valence-electron chi connectivity index (χ4n) is 5.57. The van der Waals surface area contributed by atoms with Gasteiger partial charge in [0.2, 0.25) is 0 Å². The number of furan rings is 1. The predicted molar refractivity (Wildman–Crippen MR) is 151 cm³/mol. The Kier molecular flexibility index (Phi) is 4.12. The van der Waals surface area contributed by atoms with E-state index in [-0.39, 0.29) is 0 Å². The van der Waals surface area contributed by atoms with Crippen LogP contribution in [0.1, 0.15) is 5.69 Å². The summed E-state index contributed by atoms with van der Waals surface area (Å²) in [6.07, 6.45) is 0. The SMILES string of the molecule is Cc1ccc2nc(-c3cccc4c3oc3c4ccc4ccc5ccccc5c43)n(-c3ccccc3)c2n1. The Morgan fingerprint density at radius 1 is 0.595 bits per heavy atom. The van der Waals surface area contributed by atoms with Crippen molar-refractivity contribution in [3.8, 4) is 17.1 Å². The number of para-hydroxylation sites is 2. The van der Waals surface area contributed by atoms with E-state index in [9.17, 15) is 0 Å². The molecule has 0 amide bonds. The molecule has 0 saturated carbocycles. The maximum atomic E-state index is 6.80. The minimum absolute atomic E-state index is 0.818. The molecule has 0 aliphatic heterocycles. The van der Waals surface area contributed by atoms with Gasteiger partial charge in [0.05, 0.1) is 5.56 Å². The summed E-state index contributed by atoms with van der Waals surface area (Å²) in [5, 5.41) is 6.91. The Hall–Kier alpha value is -4.96. The summed E-state index contributed by atoms with van der Waals surface area (Å²) in [6.45, 7) is 2.01. The van der Waals surface area contributed by atoms with Crippen LogP contribution in [0.15, 0.2) is 114 Å². The van der Waals surface area contributed by atoms with Gasteiger partial charge in [-0.25, -0.2) is 9.97 Å². The summed E-state index contributed by atoms with van der Waals surface area (Å²) in [6, 6.07) is 37.9. The van der Waals surface area contributed by atoms with Crippen molar-refractivity contribution in [3.63, 3.8) is 0 Å². The first-order valence-corrected chi connectivity index (χ1v) is 12.4. The molecule has 8 rings (SSSR count). The van der Waals surface area contributed by atoms with Crippen molar-refractivity contribution in [1.82, 2.24) is 14.5 Å². The second kappa shape index (κ2) is 7.52. The van der Waals surface area contributed by atoms with Crippen LogP contribution in [-0.4, -0.2) is 14.5 Å². The third-order valence-corrected chi connectivity index (χ3v) is 7.27. The molecule has 3 heterocycles. The molecule has 3 aromatic heterocycles. The minimum atomic E-state index is 0.818. The highest BCUT2D eigenvalue weighted by atomic mass is 16.3. The van der Waals surface area contributed by atoms with Crippen molar-refractivity contribution in [1.29, 1.82) is 0 Å². The summed E-state index contributed by atoms with van der Waals surface area (Å²) in [5.74, 6) is 0.818. The summed E-state index contributed by atoms with van der Waals surface area (Å²) >= 11 is 0. The van der Waals surface area contributed by atoms with Crippen LogP contribution in [0, 0.1) is 6.92 Å². The van der Waals surface area contributed by atoms with E-state index in [1.807, 2.05) is 37.3 Å². The molecular formula is C33H21N3O. The lowest BCUT2D eigenvalue weighted by Gasteiger charge is -2.09. The average molecular weight is 476 g/mol. The van der Waals surface area contributed by atoms with Crippen LogP contribution in [0.5, 0.6) is 0 Å². The first-order chi connectivity index (χ1) is 18.3. The second-order valence-electron chi connectivity index (χ2n) is 9.51. The number of benzene rings is 5. The van der Waals surface area contributed by atoms with E-state index in [1.165, 1.54) is 16.2 Å². The lowest BCUT2D eigenvalue weighted by molar-refractivity contribution is 0.673. The van der Waals surface area contributed by atoms with Gasteiger partial charge in [-0.15, -0.1) is 0 Å². The molecule has 0 unspecified atom stereocenters. The van der Waals surface area contributed by atoms with Crippen molar-refractivity contribution >= 4 is 54.6 Å². The highest BCUT2D eigenvalue weighted by Gasteiger charge is 2.21. The summed E-state index contributed by atoms with van der Waals surface area (Å²) in [7, 11) is 0. The maximum Gasteiger partial charge on any atom is 0.165 e. The number of aromatic nitrogens is 3. The van der Waals surface area contributed by atoms with E-state index in [0.29, 0.717) is 0 Å². The van der Waals surface area contributed by atoms with Crippen LogP contribution in [0.2, 0.25) is 0 Å². The molecule has 0 saturated heterocycles. The molecule has 0 N–H and O–H groups in total. The zero-order valence-electron chi connectivity index (χ0n) is 20.1. The molecular weight excluding hydrogens is 454 g/mol. The van der Waals surface area contributed by atoms with Crippen LogP contribution >= 0.6 is 0 Å². The quantitative estimate of drug-likeness (QED) is 0.235. The zero-order valence-corrected chi connectivity index (χ0v) is 20.1. The lowest BCUT2D eigenvalue weighted by atomic mass is 9.99. The standard InChI is InChI=1S/C33H21N3O/c1-20-14-19-28-33(34-20)36(23-9-3-2-4-10-23)32(35-28)27-13-7-12-25-26-18-17-22-16-15-21-8-5-6-11-24(21)29(22)31(26)37-30(25)27/h2-19H,1H3. The Morgan fingerprint density at radius 2 is 1.35 bits per heavy atom. The molecule has 0 radical (unpaired) electrons. The fourth-order valence-corrected chi connectivity index (χ4v) is 5.57. The highest BCUT2D eigenvalue weighted by molar-refractivity contribution is 6.23. The fraction of sp³-hybridized carbons (Fsp3) is 0.0303. The van der Waals surface area contributed by atoms with Crippen molar-refractivity contribution < 1.29 is 4.42 Å². The first-order valence-electron chi connectivity index (χ1n) is 12.4. The molecule has 5 aromatic carbocycles. The van der Waals surface area contributed by atoms with E-state index in [0.717, 1.165) is 61.3 Å². The van der Waals surface area contributed by atoms with Crippen molar-refractivity contribution in [3.05, 3.63) is 115 Å². The number of hydrogen-bond acceptors (Lipinski definition) is 3. The minimum Gasteiger partial charge on any atom is -0.455 e. The van der Waals surface area contributed by atoms with Gasteiger partial charge in [0.15, 0.2) is 11.5 Å². The van der Waals surface area contributed by atoms with E-state index < -0.39 is 0 Å². The van der Waals surface area contributed by atoms with E-state index >= 15 is 0 Å². The summed E-state index contributed by atoms with van der Waals surface area (Å²) in [4.78, 5) is 9.94. The third-order valence-electron chi connectivity index (χ3n) is 7.27. The van der Waals surface area contributed by atoms with Gasteiger partial charge in [0, 0.05) is 27.5 Å². The molecule has 0 bridgehead atoms. The van der Waals surface area contributed by atoms with E-state index in [2.05, 4.69) is 83.4 Å². The molecule has 0 aliphatic rings. The maximum absolute atomic E-state index is 6.80. The number of fused-ring (bicyclic) bond motifs is 8. The van der Waals surface area contributed by atoms with Gasteiger partial charge in [-0.05, 0) is 59.5 Å². The predicted octanol–water partition coefficient (Wildman–Crippen LogP) is 8.60. The molecule has 4 nitrogen and oxygen atoms in total. The van der Waals surface area contributed by atoms with Gasteiger partial charge < -0.3 is 4.42 Å². The number of rotatable bonds is 2. The van der Waals surface area contributed by atoms with E-state index in [4.69, 9.17) is 14.4 Å². The lowest BCUT2D eigenvalue weighted by Crippen LogP contribution is -1.99. The van der Waals surface area contributed by atoms with Gasteiger partial charge in [-0.3, -0.25) is 4.57 Å². The van der Waals surface area contributed by atoms with Crippen LogP contribution in [-0.2, 0) is 0 Å². The summed E-state index contributed by atoms with van der Waals surface area (Å²) in [5.41, 5.74) is 6.36. The molecule has 0 spiro atoms. The van der Waals surface area contributed by atoms with Gasteiger partial charge in [0.1, 0.15) is 16.7 Å². The van der Waals surface area contributed by atoms with Crippen molar-refractivity contribution in [2.24, 2.45) is 0 Å². The molecule has 0 aliphatic carbocycles. The third kappa shape index (κ3) is 2.90. The molecule has 4 heteroatoms. The number of pyridine rings is 1. The Balaban J connectivity index is 1.51. The smallest absolute Gasteiger partial charge is 0.165 e. The molecule has 0 atom stereocenters. The van der Waals surface area contributed by atoms with Crippen LogP contribution in [0.3, 0.4) is 0 Å². The molecule has 174 valence electrons. The van der Waals surface area contributed by atoms with Gasteiger partial charge in [-0.2, -0.15) is 0 Å². The Bertz CT molecular complexity index is 2150. The van der Waals surface area contributed by atoms with Crippen LogP contribution in [0.4, 0.5) is 0 Å². The van der Waals surface area contributed by atoms with Gasteiger partial charge >= 0.3 is 0 Å². The van der Waals surface area contributed by atoms with Crippen molar-refractivity contribution in [2.75, 3.05) is 0 Å². The second-order valence-corrected chi connectivity index (χ2v) is 9.51. The Morgan fingerprint density at radius 3 is 2.27 bits per heavy atom. The molecule has 8 aromatic rings. The van der Waals surface area contributed by atoms with Crippen molar-refractivity contribution in [2.45, 2.75) is 6.92 Å². The zero-order chi connectivity index (χ0) is 24.5. The topological polar surface area (TPSA) is 43.9 Å². The monoisotopic (exact) mass is 475 g/mol.